The Hall–Kier alpha value is -2.18. The average molecular weight is 370 g/mol. The van der Waals surface area contributed by atoms with Gasteiger partial charge in [-0.3, -0.25) is 4.79 Å². The molecule has 25 heavy (non-hydrogen) atoms. The van der Waals surface area contributed by atoms with Gasteiger partial charge in [0.05, 0.1) is 0 Å². The van der Waals surface area contributed by atoms with Crippen molar-refractivity contribution in [1.29, 1.82) is 0 Å². The summed E-state index contributed by atoms with van der Waals surface area (Å²) in [6.07, 6.45) is 0.427. The fraction of sp³-hybridized carbons (Fsp3) is 0.211. The molecule has 0 aliphatic rings. The minimum absolute atomic E-state index is 0.0351. The van der Waals surface area contributed by atoms with Gasteiger partial charge < -0.3 is 5.32 Å². The number of anilines is 1. The third kappa shape index (κ3) is 5.41. The van der Waals surface area contributed by atoms with E-state index in [-0.39, 0.29) is 11.8 Å². The van der Waals surface area contributed by atoms with Crippen LogP contribution >= 0.6 is 23.1 Å². The Kier molecular flexibility index (Phi) is 6.19. The molecule has 1 heterocycles. The fourth-order valence-corrected chi connectivity index (χ4v) is 4.11. The molecule has 1 N–H and O–H groups in total. The van der Waals surface area contributed by atoms with Gasteiger partial charge in [-0.2, -0.15) is 0 Å². The average Bonchev–Trinajstić information content (AvgIpc) is 3.08. The first kappa shape index (κ1) is 17.6. The largest absolute Gasteiger partial charge is 0.300 e. The molecule has 0 aliphatic heterocycles. The zero-order valence-electron chi connectivity index (χ0n) is 13.9. The van der Waals surface area contributed by atoms with Gasteiger partial charge in [0.25, 0.3) is 0 Å². The molecule has 0 aliphatic carbocycles. The summed E-state index contributed by atoms with van der Waals surface area (Å²) in [4.78, 5) is 12.2. The summed E-state index contributed by atoms with van der Waals surface area (Å²) in [5.74, 6) is 0.974. The smallest absolute Gasteiger partial charge is 0.226 e. The van der Waals surface area contributed by atoms with Gasteiger partial charge in [0.2, 0.25) is 11.0 Å². The van der Waals surface area contributed by atoms with E-state index in [9.17, 15) is 4.79 Å². The van der Waals surface area contributed by atoms with Gasteiger partial charge in [-0.05, 0) is 17.0 Å². The highest BCUT2D eigenvalue weighted by Gasteiger charge is 2.13. The van der Waals surface area contributed by atoms with Crippen LogP contribution in [0.4, 0.5) is 5.13 Å². The number of aromatic nitrogens is 2. The minimum atomic E-state index is -0.0351. The van der Waals surface area contributed by atoms with Crippen LogP contribution in [0.1, 0.15) is 30.4 Å². The summed E-state index contributed by atoms with van der Waals surface area (Å²) < 4.78 is 0.857. The van der Waals surface area contributed by atoms with Crippen LogP contribution in [-0.4, -0.2) is 16.1 Å². The summed E-state index contributed by atoms with van der Waals surface area (Å²) in [6, 6.07) is 20.3. The van der Waals surface area contributed by atoms with E-state index in [2.05, 4.69) is 34.6 Å². The molecule has 2 aromatic carbocycles. The number of amides is 1. The van der Waals surface area contributed by atoms with Crippen LogP contribution in [0.2, 0.25) is 0 Å². The first-order valence-electron chi connectivity index (χ1n) is 8.06. The second kappa shape index (κ2) is 8.78. The number of benzene rings is 2. The molecule has 0 fully saturated rings. The zero-order valence-corrected chi connectivity index (χ0v) is 15.5. The van der Waals surface area contributed by atoms with Gasteiger partial charge in [-0.1, -0.05) is 90.7 Å². The molecule has 1 atom stereocenters. The molecule has 0 radical (unpaired) electrons. The number of thioether (sulfide) groups is 1. The lowest BCUT2D eigenvalue weighted by Gasteiger charge is -2.10. The Balaban J connectivity index is 1.50. The van der Waals surface area contributed by atoms with Crippen LogP contribution in [0, 0.1) is 0 Å². The SMILES string of the molecule is CC(CC(=O)Nc1nnc(SCc2ccccc2)s1)c1ccccc1. The van der Waals surface area contributed by atoms with Crippen molar-refractivity contribution in [3.8, 4) is 0 Å². The maximum Gasteiger partial charge on any atom is 0.226 e. The number of rotatable bonds is 7. The lowest BCUT2D eigenvalue weighted by atomic mass is 9.98. The van der Waals surface area contributed by atoms with E-state index < -0.39 is 0 Å². The van der Waals surface area contributed by atoms with Gasteiger partial charge in [-0.25, -0.2) is 0 Å². The predicted octanol–water partition coefficient (Wildman–Crippen LogP) is 4.96. The van der Waals surface area contributed by atoms with E-state index in [1.54, 1.807) is 11.8 Å². The van der Waals surface area contributed by atoms with Crippen LogP contribution < -0.4 is 5.32 Å². The van der Waals surface area contributed by atoms with Crippen molar-refractivity contribution in [3.05, 3.63) is 71.8 Å². The maximum absolute atomic E-state index is 12.2. The quantitative estimate of drug-likeness (QED) is 0.472. The van der Waals surface area contributed by atoms with E-state index in [4.69, 9.17) is 0 Å². The monoisotopic (exact) mass is 369 g/mol. The number of nitrogens with zero attached hydrogens (tertiary/aromatic N) is 2. The van der Waals surface area contributed by atoms with Gasteiger partial charge in [-0.15, -0.1) is 10.2 Å². The molecular weight excluding hydrogens is 350 g/mol. The minimum Gasteiger partial charge on any atom is -0.300 e. The van der Waals surface area contributed by atoms with E-state index in [0.717, 1.165) is 15.7 Å². The summed E-state index contributed by atoms with van der Waals surface area (Å²) >= 11 is 3.04. The highest BCUT2D eigenvalue weighted by atomic mass is 32.2. The Bertz CT molecular complexity index is 806. The van der Waals surface area contributed by atoms with Crippen molar-refractivity contribution in [1.82, 2.24) is 10.2 Å². The van der Waals surface area contributed by atoms with Crippen molar-refractivity contribution in [3.63, 3.8) is 0 Å². The molecule has 1 aromatic heterocycles. The molecule has 0 saturated heterocycles. The molecule has 0 bridgehead atoms. The highest BCUT2D eigenvalue weighted by Crippen LogP contribution is 2.28. The molecule has 4 nitrogen and oxygen atoms in total. The van der Waals surface area contributed by atoms with E-state index >= 15 is 0 Å². The van der Waals surface area contributed by atoms with Crippen molar-refractivity contribution < 1.29 is 4.79 Å². The Labute approximate surface area is 155 Å². The Morgan fingerprint density at radius 1 is 1.08 bits per heavy atom. The number of carbonyl (C=O) groups excluding carboxylic acids is 1. The molecule has 1 amide bonds. The van der Waals surface area contributed by atoms with E-state index in [1.165, 1.54) is 16.9 Å². The van der Waals surface area contributed by atoms with Gasteiger partial charge in [0, 0.05) is 12.2 Å². The van der Waals surface area contributed by atoms with Crippen LogP contribution in [0.15, 0.2) is 65.0 Å². The van der Waals surface area contributed by atoms with Crippen LogP contribution in [-0.2, 0) is 10.5 Å². The number of hydrogen-bond acceptors (Lipinski definition) is 5. The Morgan fingerprint density at radius 3 is 2.48 bits per heavy atom. The number of carbonyl (C=O) groups is 1. The molecule has 128 valence electrons. The fourth-order valence-electron chi connectivity index (χ4n) is 2.39. The summed E-state index contributed by atoms with van der Waals surface area (Å²) in [5, 5.41) is 11.6. The van der Waals surface area contributed by atoms with Crippen LogP contribution in [0.25, 0.3) is 0 Å². The lowest BCUT2D eigenvalue weighted by Crippen LogP contribution is -2.14. The molecular formula is C19H19N3OS2. The molecule has 3 aromatic rings. The van der Waals surface area contributed by atoms with Crippen LogP contribution in [0.5, 0.6) is 0 Å². The molecule has 1 unspecified atom stereocenters. The predicted molar refractivity (Wildman–Crippen MR) is 104 cm³/mol. The van der Waals surface area contributed by atoms with Crippen molar-refractivity contribution >= 4 is 34.1 Å². The van der Waals surface area contributed by atoms with Gasteiger partial charge in [0.1, 0.15) is 0 Å². The van der Waals surface area contributed by atoms with Crippen LogP contribution in [0.3, 0.4) is 0 Å². The second-order valence-electron chi connectivity index (χ2n) is 5.71. The molecule has 6 heteroatoms. The van der Waals surface area contributed by atoms with Crippen molar-refractivity contribution in [2.24, 2.45) is 0 Å². The normalized spacial score (nSPS) is 11.9. The van der Waals surface area contributed by atoms with Gasteiger partial charge in [0.15, 0.2) is 4.34 Å². The third-order valence-electron chi connectivity index (χ3n) is 3.72. The lowest BCUT2D eigenvalue weighted by molar-refractivity contribution is -0.116. The number of hydrogen-bond donors (Lipinski definition) is 1. The second-order valence-corrected chi connectivity index (χ2v) is 7.91. The molecule has 3 rings (SSSR count). The van der Waals surface area contributed by atoms with Crippen molar-refractivity contribution in [2.45, 2.75) is 29.4 Å². The summed E-state index contributed by atoms with van der Waals surface area (Å²) in [6.45, 7) is 2.05. The standard InChI is InChI=1S/C19H19N3OS2/c1-14(16-10-6-3-7-11-16)12-17(23)20-18-21-22-19(25-18)24-13-15-8-4-2-5-9-15/h2-11,14H,12-13H2,1H3,(H,20,21,23). The van der Waals surface area contributed by atoms with Gasteiger partial charge >= 0.3 is 0 Å². The highest BCUT2D eigenvalue weighted by molar-refractivity contribution is 8.00. The summed E-state index contributed by atoms with van der Waals surface area (Å²) in [5.41, 5.74) is 2.40. The zero-order chi connectivity index (χ0) is 17.5. The van der Waals surface area contributed by atoms with E-state index in [1.807, 2.05) is 48.5 Å². The first-order valence-corrected chi connectivity index (χ1v) is 9.86. The van der Waals surface area contributed by atoms with Crippen molar-refractivity contribution in [2.75, 3.05) is 5.32 Å². The maximum atomic E-state index is 12.2. The molecule has 0 saturated carbocycles. The first-order chi connectivity index (χ1) is 12.2. The van der Waals surface area contributed by atoms with E-state index in [0.29, 0.717) is 11.6 Å². The topological polar surface area (TPSA) is 54.9 Å². The Morgan fingerprint density at radius 2 is 1.76 bits per heavy atom. The summed E-state index contributed by atoms with van der Waals surface area (Å²) in [7, 11) is 0. The number of nitrogens with one attached hydrogen (secondary N) is 1. The third-order valence-corrected chi connectivity index (χ3v) is 5.76. The molecule has 0 spiro atoms.